The molecule has 1 rings (SSSR count). The third-order valence-electron chi connectivity index (χ3n) is 2.64. The summed E-state index contributed by atoms with van der Waals surface area (Å²) in [4.78, 5) is 22.6. The standard InChI is InChI=1S/C15H17NO3/c1-3-4-5-6-7-14(17)16-13-10-12(15(18)19)9-8-11(13)2/h8-10H,5-7H2,1-2H3,(H,16,17)(H,18,19). The van der Waals surface area contributed by atoms with E-state index < -0.39 is 5.97 Å². The van der Waals surface area contributed by atoms with E-state index >= 15 is 0 Å². The van der Waals surface area contributed by atoms with Crippen LogP contribution in [0.5, 0.6) is 0 Å². The summed E-state index contributed by atoms with van der Waals surface area (Å²) in [5, 5.41) is 11.6. The average Bonchev–Trinajstić information content (AvgIpc) is 2.37. The Morgan fingerprint density at radius 2 is 2.11 bits per heavy atom. The zero-order valence-corrected chi connectivity index (χ0v) is 11.1. The van der Waals surface area contributed by atoms with Gasteiger partial charge in [-0.25, -0.2) is 4.79 Å². The van der Waals surface area contributed by atoms with E-state index in [0.717, 1.165) is 5.56 Å². The van der Waals surface area contributed by atoms with Gasteiger partial charge in [-0.05, 0) is 38.0 Å². The molecule has 0 bridgehead atoms. The lowest BCUT2D eigenvalue weighted by Gasteiger charge is -2.09. The van der Waals surface area contributed by atoms with Crippen molar-refractivity contribution in [3.05, 3.63) is 29.3 Å². The van der Waals surface area contributed by atoms with Gasteiger partial charge in [-0.2, -0.15) is 0 Å². The fraction of sp³-hybridized carbons (Fsp3) is 0.333. The first-order valence-corrected chi connectivity index (χ1v) is 6.08. The molecule has 0 saturated heterocycles. The van der Waals surface area contributed by atoms with Gasteiger partial charge < -0.3 is 10.4 Å². The van der Waals surface area contributed by atoms with Gasteiger partial charge in [0.1, 0.15) is 0 Å². The Morgan fingerprint density at radius 3 is 2.74 bits per heavy atom. The van der Waals surface area contributed by atoms with E-state index in [1.54, 1.807) is 13.0 Å². The van der Waals surface area contributed by atoms with Crippen molar-refractivity contribution >= 4 is 17.6 Å². The number of amides is 1. The normalized spacial score (nSPS) is 9.37. The zero-order valence-electron chi connectivity index (χ0n) is 11.1. The van der Waals surface area contributed by atoms with E-state index in [-0.39, 0.29) is 11.5 Å². The summed E-state index contributed by atoms with van der Waals surface area (Å²) in [5.74, 6) is 4.54. The lowest BCUT2D eigenvalue weighted by molar-refractivity contribution is -0.116. The van der Waals surface area contributed by atoms with Gasteiger partial charge in [-0.15, -0.1) is 11.8 Å². The minimum absolute atomic E-state index is 0.122. The minimum atomic E-state index is -1.01. The summed E-state index contributed by atoms with van der Waals surface area (Å²) in [5.41, 5.74) is 1.55. The van der Waals surface area contributed by atoms with Crippen LogP contribution in [0, 0.1) is 18.8 Å². The van der Waals surface area contributed by atoms with Crippen LogP contribution in [0.2, 0.25) is 0 Å². The third kappa shape index (κ3) is 4.84. The highest BCUT2D eigenvalue weighted by Gasteiger charge is 2.08. The number of hydrogen-bond donors (Lipinski definition) is 2. The largest absolute Gasteiger partial charge is 0.478 e. The van der Waals surface area contributed by atoms with Crippen molar-refractivity contribution in [1.82, 2.24) is 0 Å². The van der Waals surface area contributed by atoms with E-state index in [4.69, 9.17) is 5.11 Å². The summed E-state index contributed by atoms with van der Waals surface area (Å²) >= 11 is 0. The first-order chi connectivity index (χ1) is 9.04. The fourth-order valence-electron chi connectivity index (χ4n) is 1.56. The highest BCUT2D eigenvalue weighted by molar-refractivity contribution is 5.94. The molecule has 1 aromatic carbocycles. The second kappa shape index (κ2) is 7.22. The Hall–Kier alpha value is -2.28. The fourth-order valence-corrected chi connectivity index (χ4v) is 1.56. The molecule has 1 aromatic rings. The van der Waals surface area contributed by atoms with Crippen molar-refractivity contribution in [1.29, 1.82) is 0 Å². The molecule has 0 aliphatic heterocycles. The summed E-state index contributed by atoms with van der Waals surface area (Å²) in [6.45, 7) is 3.59. The van der Waals surface area contributed by atoms with Crippen LogP contribution < -0.4 is 5.32 Å². The predicted octanol–water partition coefficient (Wildman–Crippen LogP) is 2.83. The number of rotatable bonds is 5. The Balaban J connectivity index is 2.64. The molecular formula is C15H17NO3. The summed E-state index contributed by atoms with van der Waals surface area (Å²) in [6, 6.07) is 4.67. The minimum Gasteiger partial charge on any atom is -0.478 e. The van der Waals surface area contributed by atoms with Gasteiger partial charge in [-0.1, -0.05) is 6.07 Å². The molecule has 0 heterocycles. The molecule has 0 saturated carbocycles. The van der Waals surface area contributed by atoms with Gasteiger partial charge in [0.05, 0.1) is 5.56 Å². The first-order valence-electron chi connectivity index (χ1n) is 6.08. The molecule has 2 N–H and O–H groups in total. The molecule has 0 aromatic heterocycles. The topological polar surface area (TPSA) is 66.4 Å². The molecule has 100 valence electrons. The van der Waals surface area contributed by atoms with Gasteiger partial charge in [-0.3, -0.25) is 4.79 Å². The van der Waals surface area contributed by atoms with E-state index in [9.17, 15) is 9.59 Å². The number of carbonyl (C=O) groups is 2. The molecule has 0 fully saturated rings. The lowest BCUT2D eigenvalue weighted by Crippen LogP contribution is -2.12. The van der Waals surface area contributed by atoms with E-state index in [1.165, 1.54) is 12.1 Å². The van der Waals surface area contributed by atoms with Crippen molar-refractivity contribution in [2.24, 2.45) is 0 Å². The Kier molecular flexibility index (Phi) is 5.62. The van der Waals surface area contributed by atoms with Crippen molar-refractivity contribution in [3.63, 3.8) is 0 Å². The Morgan fingerprint density at radius 1 is 1.37 bits per heavy atom. The molecular weight excluding hydrogens is 242 g/mol. The molecule has 19 heavy (non-hydrogen) atoms. The molecule has 1 amide bonds. The second-order valence-electron chi connectivity index (χ2n) is 4.16. The molecule has 0 atom stereocenters. The summed E-state index contributed by atoms with van der Waals surface area (Å²) < 4.78 is 0. The van der Waals surface area contributed by atoms with Crippen LogP contribution >= 0.6 is 0 Å². The SMILES string of the molecule is CC#CCCCC(=O)Nc1cc(C(=O)O)ccc1C. The number of aromatic carboxylic acids is 1. The smallest absolute Gasteiger partial charge is 0.335 e. The number of nitrogens with one attached hydrogen (secondary N) is 1. The van der Waals surface area contributed by atoms with Crippen LogP contribution in [0.1, 0.15) is 42.1 Å². The second-order valence-corrected chi connectivity index (χ2v) is 4.16. The van der Waals surface area contributed by atoms with E-state index in [2.05, 4.69) is 17.2 Å². The van der Waals surface area contributed by atoms with Gasteiger partial charge in [0.25, 0.3) is 0 Å². The molecule has 0 aliphatic rings. The third-order valence-corrected chi connectivity index (χ3v) is 2.64. The lowest BCUT2D eigenvalue weighted by atomic mass is 10.1. The van der Waals surface area contributed by atoms with Crippen LogP contribution in [-0.4, -0.2) is 17.0 Å². The summed E-state index contributed by atoms with van der Waals surface area (Å²) in [7, 11) is 0. The zero-order chi connectivity index (χ0) is 14.3. The predicted molar refractivity (Wildman–Crippen MR) is 74.1 cm³/mol. The highest BCUT2D eigenvalue weighted by atomic mass is 16.4. The van der Waals surface area contributed by atoms with Crippen LogP contribution in [0.4, 0.5) is 5.69 Å². The average molecular weight is 259 g/mol. The molecule has 0 spiro atoms. The Labute approximate surface area is 112 Å². The summed E-state index contributed by atoms with van der Waals surface area (Å²) in [6.07, 6.45) is 1.77. The van der Waals surface area contributed by atoms with Crippen LogP contribution in [-0.2, 0) is 4.79 Å². The van der Waals surface area contributed by atoms with Gasteiger partial charge in [0.15, 0.2) is 0 Å². The number of hydrogen-bond acceptors (Lipinski definition) is 2. The first kappa shape index (κ1) is 14.8. The molecule has 0 radical (unpaired) electrons. The van der Waals surface area contributed by atoms with Gasteiger partial charge in [0.2, 0.25) is 5.91 Å². The van der Waals surface area contributed by atoms with Gasteiger partial charge >= 0.3 is 5.97 Å². The number of carboxylic acids is 1. The number of carbonyl (C=O) groups excluding carboxylic acids is 1. The number of carboxylic acid groups (broad SMARTS) is 1. The van der Waals surface area contributed by atoms with Crippen LogP contribution in [0.25, 0.3) is 0 Å². The van der Waals surface area contributed by atoms with E-state index in [1.807, 2.05) is 6.92 Å². The molecule has 0 aliphatic carbocycles. The maximum absolute atomic E-state index is 11.7. The van der Waals surface area contributed by atoms with Crippen LogP contribution in [0.15, 0.2) is 18.2 Å². The number of unbranched alkanes of at least 4 members (excludes halogenated alkanes) is 1. The van der Waals surface area contributed by atoms with Crippen LogP contribution in [0.3, 0.4) is 0 Å². The molecule has 0 unspecified atom stereocenters. The number of anilines is 1. The van der Waals surface area contributed by atoms with Gasteiger partial charge in [0, 0.05) is 18.5 Å². The maximum atomic E-state index is 11.7. The van der Waals surface area contributed by atoms with Crippen molar-refractivity contribution < 1.29 is 14.7 Å². The van der Waals surface area contributed by atoms with Crippen molar-refractivity contribution in [2.45, 2.75) is 33.1 Å². The molecule has 4 heteroatoms. The number of aryl methyl sites for hydroxylation is 1. The monoisotopic (exact) mass is 259 g/mol. The van der Waals surface area contributed by atoms with Crippen molar-refractivity contribution in [2.75, 3.05) is 5.32 Å². The van der Waals surface area contributed by atoms with E-state index in [0.29, 0.717) is 24.9 Å². The number of benzene rings is 1. The molecule has 4 nitrogen and oxygen atoms in total. The Bertz CT molecular complexity index is 538. The highest BCUT2D eigenvalue weighted by Crippen LogP contribution is 2.17. The van der Waals surface area contributed by atoms with Crippen molar-refractivity contribution in [3.8, 4) is 11.8 Å². The quantitative estimate of drug-likeness (QED) is 0.631. The maximum Gasteiger partial charge on any atom is 0.335 e.